The maximum atomic E-state index is 8.63. The van der Waals surface area contributed by atoms with Crippen LogP contribution in [-0.4, -0.2) is 68.9 Å². The zero-order valence-electron chi connectivity index (χ0n) is 23.4. The van der Waals surface area contributed by atoms with Crippen molar-refractivity contribution in [3.8, 4) is 11.8 Å². The molecule has 44 heavy (non-hydrogen) atoms. The first-order chi connectivity index (χ1) is 21.6. The standard InChI is InChI=1S/C29H27N13O2/c30-20-17-21(31)27(35-25-23-6-2-4-10-42(23)38-29(25)44-16-14-40-12-8-33-19-40)36-26(20)34-24-22-5-1-3-9-41(22)37-28(24)43-15-13-39-11-7-32-18-39/h1-12,17-19,30H,13-16,31H2,(H,34,35,36). The highest BCUT2D eigenvalue weighted by atomic mass is 16.5. The van der Waals surface area contributed by atoms with Gasteiger partial charge in [-0.05, 0) is 30.3 Å². The van der Waals surface area contributed by atoms with Gasteiger partial charge in [0.15, 0.2) is 17.4 Å². The van der Waals surface area contributed by atoms with Crippen LogP contribution in [-0.2, 0) is 13.1 Å². The van der Waals surface area contributed by atoms with Gasteiger partial charge in [0.1, 0.15) is 18.9 Å². The van der Waals surface area contributed by atoms with E-state index in [1.807, 2.05) is 70.3 Å². The van der Waals surface area contributed by atoms with Gasteiger partial charge >= 0.3 is 0 Å². The van der Waals surface area contributed by atoms with Crippen molar-refractivity contribution >= 4 is 39.8 Å². The number of pyridine rings is 2. The lowest BCUT2D eigenvalue weighted by Crippen LogP contribution is -2.29. The molecule has 15 nitrogen and oxygen atoms in total. The number of hydrogen-bond acceptors (Lipinski definition) is 10. The van der Waals surface area contributed by atoms with Crippen LogP contribution in [0, 0.1) is 5.41 Å². The predicted molar refractivity (Wildman–Crippen MR) is 164 cm³/mol. The number of rotatable bonds is 10. The van der Waals surface area contributed by atoms with Gasteiger partial charge in [-0.2, -0.15) is 0 Å². The van der Waals surface area contributed by atoms with Crippen molar-refractivity contribution in [1.29, 1.82) is 5.41 Å². The van der Waals surface area contributed by atoms with Gasteiger partial charge in [-0.25, -0.2) is 29.0 Å². The van der Waals surface area contributed by atoms with Crippen molar-refractivity contribution in [2.45, 2.75) is 13.1 Å². The molecule has 0 aromatic carbocycles. The third-order valence-electron chi connectivity index (χ3n) is 6.78. The Morgan fingerprint density at radius 3 is 2.14 bits per heavy atom. The number of nitrogens with one attached hydrogen (secondary N) is 2. The average Bonchev–Trinajstić information content (AvgIpc) is 3.84. The molecule has 0 unspecified atom stereocenters. The largest absolute Gasteiger partial charge is 0.473 e. The molecule has 7 heterocycles. The van der Waals surface area contributed by atoms with Crippen molar-refractivity contribution in [2.24, 2.45) is 15.7 Å². The molecule has 0 saturated carbocycles. The Bertz CT molecular complexity index is 2030. The van der Waals surface area contributed by atoms with Crippen LogP contribution in [0.5, 0.6) is 11.8 Å². The number of fused-ring (bicyclic) bond motifs is 2. The fourth-order valence-electron chi connectivity index (χ4n) is 4.62. The normalized spacial score (nSPS) is 14.3. The number of aliphatic imine (C=N–C) groups is 2. The molecule has 0 fully saturated rings. The zero-order valence-corrected chi connectivity index (χ0v) is 23.4. The first-order valence-corrected chi connectivity index (χ1v) is 13.7. The van der Waals surface area contributed by atoms with Gasteiger partial charge in [0.05, 0.1) is 48.2 Å². The van der Waals surface area contributed by atoms with Gasteiger partial charge in [0.25, 0.3) is 11.8 Å². The molecular weight excluding hydrogens is 562 g/mol. The van der Waals surface area contributed by atoms with Crippen LogP contribution in [0.1, 0.15) is 0 Å². The van der Waals surface area contributed by atoms with E-state index in [0.29, 0.717) is 55.0 Å². The molecule has 1 aliphatic rings. The van der Waals surface area contributed by atoms with Gasteiger partial charge in [-0.1, -0.05) is 12.1 Å². The molecule has 4 N–H and O–H groups in total. The smallest absolute Gasteiger partial charge is 0.260 e. The second-order valence-corrected chi connectivity index (χ2v) is 9.73. The highest BCUT2D eigenvalue weighted by Gasteiger charge is 2.23. The van der Waals surface area contributed by atoms with Crippen molar-refractivity contribution in [2.75, 3.05) is 18.5 Å². The van der Waals surface area contributed by atoms with Crippen LogP contribution in [0.2, 0.25) is 0 Å². The Morgan fingerprint density at radius 1 is 0.818 bits per heavy atom. The second-order valence-electron chi connectivity index (χ2n) is 9.73. The number of anilines is 1. The van der Waals surface area contributed by atoms with Gasteiger partial charge < -0.3 is 29.7 Å². The molecule has 0 spiro atoms. The summed E-state index contributed by atoms with van der Waals surface area (Å²) in [6.07, 6.45) is 15.7. The third-order valence-corrected chi connectivity index (χ3v) is 6.78. The van der Waals surface area contributed by atoms with Crippen molar-refractivity contribution < 1.29 is 9.47 Å². The number of aromatic nitrogens is 8. The second kappa shape index (κ2) is 11.6. The summed E-state index contributed by atoms with van der Waals surface area (Å²) >= 11 is 0. The molecule has 7 rings (SSSR count). The number of nitrogens with zero attached hydrogens (tertiary/aromatic N) is 10. The Labute approximate surface area is 250 Å². The minimum absolute atomic E-state index is 0.0813. The molecule has 0 amide bonds. The third kappa shape index (κ3) is 5.36. The van der Waals surface area contributed by atoms with Crippen LogP contribution in [0.4, 0.5) is 11.4 Å². The molecule has 15 heteroatoms. The van der Waals surface area contributed by atoms with Crippen LogP contribution in [0.25, 0.3) is 11.0 Å². The van der Waals surface area contributed by atoms with E-state index in [4.69, 9.17) is 25.6 Å². The van der Waals surface area contributed by atoms with E-state index in [1.54, 1.807) is 34.1 Å². The predicted octanol–water partition coefficient (Wildman–Crippen LogP) is 2.95. The Hall–Kier alpha value is -6.25. The fourth-order valence-corrected chi connectivity index (χ4v) is 4.62. The van der Waals surface area contributed by atoms with Crippen LogP contribution >= 0.6 is 0 Å². The minimum atomic E-state index is 0.0813. The van der Waals surface area contributed by atoms with E-state index in [1.165, 1.54) is 6.08 Å². The van der Waals surface area contributed by atoms with E-state index >= 15 is 0 Å². The molecule has 220 valence electrons. The first-order valence-electron chi connectivity index (χ1n) is 13.7. The summed E-state index contributed by atoms with van der Waals surface area (Å²) in [5.74, 6) is 1.14. The molecular formula is C29H27N13O2. The van der Waals surface area contributed by atoms with Crippen LogP contribution in [0.3, 0.4) is 0 Å². The maximum absolute atomic E-state index is 8.63. The van der Waals surface area contributed by atoms with Crippen molar-refractivity contribution in [1.82, 2.24) is 38.3 Å². The summed E-state index contributed by atoms with van der Waals surface area (Å²) in [7, 11) is 0. The van der Waals surface area contributed by atoms with E-state index in [0.717, 1.165) is 5.52 Å². The number of nitrogens with two attached hydrogens (primary N) is 1. The molecule has 6 aromatic heterocycles. The first kappa shape index (κ1) is 26.6. The summed E-state index contributed by atoms with van der Waals surface area (Å²) in [6.45, 7) is 1.88. The summed E-state index contributed by atoms with van der Waals surface area (Å²) < 4.78 is 19.3. The minimum Gasteiger partial charge on any atom is -0.473 e. The lowest BCUT2D eigenvalue weighted by molar-refractivity contribution is 0.287. The molecule has 0 radical (unpaired) electrons. The number of hydrogen-bond donors (Lipinski definition) is 3. The fraction of sp³-hybridized carbons (Fsp3) is 0.138. The monoisotopic (exact) mass is 589 g/mol. The summed E-state index contributed by atoms with van der Waals surface area (Å²) in [6, 6.07) is 11.3. The summed E-state index contributed by atoms with van der Waals surface area (Å²) in [4.78, 5) is 17.6. The lowest BCUT2D eigenvalue weighted by Gasteiger charge is -2.15. The number of ether oxygens (including phenoxy) is 2. The highest BCUT2D eigenvalue weighted by Crippen LogP contribution is 2.33. The number of imidazole rings is 2. The lowest BCUT2D eigenvalue weighted by atomic mass is 10.2. The maximum Gasteiger partial charge on any atom is 0.260 e. The molecule has 6 aromatic rings. The van der Waals surface area contributed by atoms with Gasteiger partial charge in [0.2, 0.25) is 0 Å². The van der Waals surface area contributed by atoms with Gasteiger partial charge in [-0.15, -0.1) is 10.2 Å². The number of amidine groups is 2. The van der Waals surface area contributed by atoms with Gasteiger partial charge in [-0.3, -0.25) is 5.41 Å². The van der Waals surface area contributed by atoms with E-state index < -0.39 is 0 Å². The molecule has 0 aliphatic carbocycles. The van der Waals surface area contributed by atoms with Crippen LogP contribution in [0.15, 0.2) is 108 Å². The van der Waals surface area contributed by atoms with E-state index in [9.17, 15) is 0 Å². The zero-order chi connectivity index (χ0) is 29.9. The Kier molecular flexibility index (Phi) is 7.00. The molecule has 0 saturated heterocycles. The van der Waals surface area contributed by atoms with Gasteiger partial charge in [0, 0.05) is 37.2 Å². The Balaban J connectivity index is 1.20. The van der Waals surface area contributed by atoms with Crippen molar-refractivity contribution in [3.05, 3.63) is 98.0 Å². The SMILES string of the molecule is N=C1C=C(N)C(=Nc2c(OCCn3ccnc3)nn3ccccc23)N=C1Nc1c(OCCn2ccnc2)nn2ccccc12. The summed E-state index contributed by atoms with van der Waals surface area (Å²) in [5, 5.41) is 21.0. The molecule has 0 atom stereocenters. The topological polar surface area (TPSA) is 175 Å². The Morgan fingerprint density at radius 2 is 1.45 bits per heavy atom. The number of dihydropyridines is 1. The quantitative estimate of drug-likeness (QED) is 0.218. The summed E-state index contributed by atoms with van der Waals surface area (Å²) in [5.41, 5.74) is 9.15. The molecule has 1 aliphatic heterocycles. The van der Waals surface area contributed by atoms with E-state index in [2.05, 4.69) is 30.5 Å². The average molecular weight is 590 g/mol. The van der Waals surface area contributed by atoms with Crippen LogP contribution < -0.4 is 20.5 Å². The molecule has 0 bridgehead atoms. The van der Waals surface area contributed by atoms with E-state index in [-0.39, 0.29) is 23.1 Å². The highest BCUT2D eigenvalue weighted by molar-refractivity contribution is 6.52. The van der Waals surface area contributed by atoms with Crippen molar-refractivity contribution in [3.63, 3.8) is 0 Å².